The van der Waals surface area contributed by atoms with E-state index in [0.717, 1.165) is 6.07 Å². The summed E-state index contributed by atoms with van der Waals surface area (Å²) in [5.41, 5.74) is 0.511. The van der Waals surface area contributed by atoms with Crippen LogP contribution in [0.2, 0.25) is 0 Å². The van der Waals surface area contributed by atoms with E-state index in [1.165, 1.54) is 38.3 Å². The van der Waals surface area contributed by atoms with Gasteiger partial charge in [0, 0.05) is 11.1 Å². The first kappa shape index (κ1) is 15.0. The molecule has 0 bridgehead atoms. The Kier molecular flexibility index (Phi) is 4.52. The first-order valence-electron chi connectivity index (χ1n) is 6.27. The minimum atomic E-state index is -0.661. The standard InChI is InChI=1S/C16H14F2O3/c1-10(19)11-6-7-14(13(17)8-11)21-9-12-4-3-5-15(20-2)16(12)18/h3-8H,9H2,1-2H3. The Morgan fingerprint density at radius 2 is 1.90 bits per heavy atom. The quantitative estimate of drug-likeness (QED) is 0.787. The predicted molar refractivity (Wildman–Crippen MR) is 73.7 cm³/mol. The Labute approximate surface area is 121 Å². The molecule has 0 amide bonds. The highest BCUT2D eigenvalue weighted by Crippen LogP contribution is 2.23. The lowest BCUT2D eigenvalue weighted by molar-refractivity contribution is 0.101. The summed E-state index contributed by atoms with van der Waals surface area (Å²) >= 11 is 0. The van der Waals surface area contributed by atoms with Crippen molar-refractivity contribution in [1.82, 2.24) is 0 Å². The van der Waals surface area contributed by atoms with E-state index in [1.807, 2.05) is 0 Å². The molecule has 0 aromatic heterocycles. The van der Waals surface area contributed by atoms with Crippen LogP contribution in [0.4, 0.5) is 8.78 Å². The molecule has 0 aliphatic rings. The Hall–Kier alpha value is -2.43. The van der Waals surface area contributed by atoms with Crippen molar-refractivity contribution in [3.05, 3.63) is 59.2 Å². The molecule has 0 spiro atoms. The zero-order valence-corrected chi connectivity index (χ0v) is 11.7. The molecule has 2 rings (SSSR count). The van der Waals surface area contributed by atoms with Gasteiger partial charge in [-0.3, -0.25) is 4.79 Å². The van der Waals surface area contributed by atoms with Crippen LogP contribution in [0.25, 0.3) is 0 Å². The van der Waals surface area contributed by atoms with Gasteiger partial charge >= 0.3 is 0 Å². The molecule has 2 aromatic rings. The number of hydrogen-bond donors (Lipinski definition) is 0. The summed E-state index contributed by atoms with van der Waals surface area (Å²) in [6, 6.07) is 8.54. The first-order valence-corrected chi connectivity index (χ1v) is 6.27. The zero-order chi connectivity index (χ0) is 15.4. The van der Waals surface area contributed by atoms with Gasteiger partial charge in [-0.15, -0.1) is 0 Å². The second-order valence-corrected chi connectivity index (χ2v) is 4.42. The highest BCUT2D eigenvalue weighted by Gasteiger charge is 2.11. The monoisotopic (exact) mass is 292 g/mol. The second-order valence-electron chi connectivity index (χ2n) is 4.42. The van der Waals surface area contributed by atoms with E-state index in [1.54, 1.807) is 6.07 Å². The normalized spacial score (nSPS) is 10.3. The highest BCUT2D eigenvalue weighted by molar-refractivity contribution is 5.94. The van der Waals surface area contributed by atoms with Crippen molar-refractivity contribution in [2.75, 3.05) is 7.11 Å². The minimum Gasteiger partial charge on any atom is -0.494 e. The summed E-state index contributed by atoms with van der Waals surface area (Å²) in [6.07, 6.45) is 0. The van der Waals surface area contributed by atoms with E-state index in [2.05, 4.69) is 0 Å². The fourth-order valence-corrected chi connectivity index (χ4v) is 1.82. The van der Waals surface area contributed by atoms with Crippen LogP contribution in [-0.2, 0) is 6.61 Å². The average molecular weight is 292 g/mol. The second kappa shape index (κ2) is 6.35. The van der Waals surface area contributed by atoms with Crippen molar-refractivity contribution >= 4 is 5.78 Å². The van der Waals surface area contributed by atoms with Crippen LogP contribution in [0.5, 0.6) is 11.5 Å². The van der Waals surface area contributed by atoms with Gasteiger partial charge in [0.2, 0.25) is 0 Å². The Balaban J connectivity index is 2.15. The van der Waals surface area contributed by atoms with E-state index in [4.69, 9.17) is 9.47 Å². The Morgan fingerprint density at radius 3 is 2.52 bits per heavy atom. The average Bonchev–Trinajstić information content (AvgIpc) is 2.47. The molecule has 21 heavy (non-hydrogen) atoms. The van der Waals surface area contributed by atoms with E-state index in [0.29, 0.717) is 0 Å². The molecule has 110 valence electrons. The molecule has 0 heterocycles. The summed E-state index contributed by atoms with van der Waals surface area (Å²) < 4.78 is 37.8. The summed E-state index contributed by atoms with van der Waals surface area (Å²) in [5.74, 6) is -1.38. The van der Waals surface area contributed by atoms with Gasteiger partial charge in [0.25, 0.3) is 0 Å². The predicted octanol–water partition coefficient (Wildman–Crippen LogP) is 3.76. The molecule has 0 fully saturated rings. The fraction of sp³-hybridized carbons (Fsp3) is 0.188. The number of ketones is 1. The van der Waals surface area contributed by atoms with Crippen molar-refractivity contribution in [1.29, 1.82) is 0 Å². The molecule has 3 nitrogen and oxygen atoms in total. The molecule has 0 saturated carbocycles. The summed E-state index contributed by atoms with van der Waals surface area (Å²) in [6.45, 7) is 1.21. The molecule has 0 unspecified atom stereocenters. The van der Waals surface area contributed by atoms with E-state index in [-0.39, 0.29) is 35.0 Å². The summed E-state index contributed by atoms with van der Waals surface area (Å²) in [4.78, 5) is 11.1. The number of benzene rings is 2. The molecule has 0 atom stereocenters. The lowest BCUT2D eigenvalue weighted by Gasteiger charge is -2.10. The van der Waals surface area contributed by atoms with Gasteiger partial charge in [-0.2, -0.15) is 0 Å². The van der Waals surface area contributed by atoms with Gasteiger partial charge < -0.3 is 9.47 Å². The third kappa shape index (κ3) is 3.37. The number of Topliss-reactive ketones (excluding diaryl/α,β-unsaturated/α-hetero) is 1. The molecule has 5 heteroatoms. The largest absolute Gasteiger partial charge is 0.494 e. The Bertz CT molecular complexity index is 669. The third-order valence-corrected chi connectivity index (χ3v) is 2.98. The smallest absolute Gasteiger partial charge is 0.171 e. The van der Waals surface area contributed by atoms with Crippen LogP contribution in [0.15, 0.2) is 36.4 Å². The van der Waals surface area contributed by atoms with Crippen molar-refractivity contribution < 1.29 is 23.0 Å². The first-order chi connectivity index (χ1) is 10.0. The van der Waals surface area contributed by atoms with E-state index in [9.17, 15) is 13.6 Å². The van der Waals surface area contributed by atoms with E-state index >= 15 is 0 Å². The Morgan fingerprint density at radius 1 is 1.14 bits per heavy atom. The van der Waals surface area contributed by atoms with Crippen LogP contribution in [-0.4, -0.2) is 12.9 Å². The number of ether oxygens (including phenoxy) is 2. The number of methoxy groups -OCH3 is 1. The van der Waals surface area contributed by atoms with Gasteiger partial charge in [-0.25, -0.2) is 8.78 Å². The maximum Gasteiger partial charge on any atom is 0.171 e. The van der Waals surface area contributed by atoms with Crippen LogP contribution < -0.4 is 9.47 Å². The minimum absolute atomic E-state index is 0.0396. The van der Waals surface area contributed by atoms with Gasteiger partial charge in [-0.05, 0) is 31.2 Å². The highest BCUT2D eigenvalue weighted by atomic mass is 19.1. The lowest BCUT2D eigenvalue weighted by atomic mass is 10.1. The maximum absolute atomic E-state index is 13.9. The summed E-state index contributed by atoms with van der Waals surface area (Å²) in [7, 11) is 1.36. The molecule has 0 saturated heterocycles. The van der Waals surface area contributed by atoms with Crippen molar-refractivity contribution in [2.45, 2.75) is 13.5 Å². The van der Waals surface area contributed by atoms with Gasteiger partial charge in [-0.1, -0.05) is 12.1 Å². The summed E-state index contributed by atoms with van der Waals surface area (Å²) in [5, 5.41) is 0. The number of halogens is 2. The topological polar surface area (TPSA) is 35.5 Å². The van der Waals surface area contributed by atoms with E-state index < -0.39 is 11.6 Å². The molecular weight excluding hydrogens is 278 g/mol. The van der Waals surface area contributed by atoms with Crippen LogP contribution in [0.3, 0.4) is 0 Å². The van der Waals surface area contributed by atoms with Crippen molar-refractivity contribution in [3.8, 4) is 11.5 Å². The van der Waals surface area contributed by atoms with Crippen LogP contribution >= 0.6 is 0 Å². The van der Waals surface area contributed by atoms with Crippen molar-refractivity contribution in [2.24, 2.45) is 0 Å². The SMILES string of the molecule is COc1cccc(COc2ccc(C(C)=O)cc2F)c1F. The number of carbonyl (C=O) groups excluding carboxylic acids is 1. The number of rotatable bonds is 5. The maximum atomic E-state index is 13.9. The van der Waals surface area contributed by atoms with Gasteiger partial charge in [0.1, 0.15) is 6.61 Å². The number of hydrogen-bond acceptors (Lipinski definition) is 3. The van der Waals surface area contributed by atoms with Crippen LogP contribution in [0, 0.1) is 11.6 Å². The van der Waals surface area contributed by atoms with Crippen molar-refractivity contribution in [3.63, 3.8) is 0 Å². The molecular formula is C16H14F2O3. The molecule has 2 aromatic carbocycles. The molecule has 0 aliphatic carbocycles. The molecule has 0 N–H and O–H groups in total. The van der Waals surface area contributed by atoms with Crippen LogP contribution in [0.1, 0.15) is 22.8 Å². The molecule has 0 aliphatic heterocycles. The van der Waals surface area contributed by atoms with Gasteiger partial charge in [0.05, 0.1) is 7.11 Å². The van der Waals surface area contributed by atoms with Gasteiger partial charge in [0.15, 0.2) is 28.9 Å². The number of carbonyl (C=O) groups is 1. The molecule has 0 radical (unpaired) electrons. The third-order valence-electron chi connectivity index (χ3n) is 2.98. The lowest BCUT2D eigenvalue weighted by Crippen LogP contribution is -2.02. The fourth-order valence-electron chi connectivity index (χ4n) is 1.82. The zero-order valence-electron chi connectivity index (χ0n) is 11.7.